The predicted octanol–water partition coefficient (Wildman–Crippen LogP) is 4.08. The van der Waals surface area contributed by atoms with Crippen molar-refractivity contribution < 1.29 is 14.2 Å². The van der Waals surface area contributed by atoms with Gasteiger partial charge in [-0.15, -0.1) is 0 Å². The van der Waals surface area contributed by atoms with Crippen molar-refractivity contribution in [2.75, 3.05) is 20.8 Å². The van der Waals surface area contributed by atoms with Gasteiger partial charge in [-0.25, -0.2) is 0 Å². The summed E-state index contributed by atoms with van der Waals surface area (Å²) in [7, 11) is 3.31. The molecular formula is C19H20O3. The van der Waals surface area contributed by atoms with E-state index in [9.17, 15) is 0 Å². The quantitative estimate of drug-likeness (QED) is 0.854. The molecule has 0 fully saturated rings. The normalized spacial score (nSPS) is 15.5. The molecule has 0 atom stereocenters. The van der Waals surface area contributed by atoms with Gasteiger partial charge in [-0.3, -0.25) is 0 Å². The van der Waals surface area contributed by atoms with Crippen LogP contribution in [0, 0.1) is 6.92 Å². The minimum Gasteiger partial charge on any atom is -0.493 e. The number of ether oxygens (including phenoxy) is 3. The van der Waals surface area contributed by atoms with Crippen LogP contribution in [-0.4, -0.2) is 20.8 Å². The smallest absolute Gasteiger partial charge is 0.161 e. The molecule has 3 heteroatoms. The van der Waals surface area contributed by atoms with Crippen LogP contribution >= 0.6 is 0 Å². The topological polar surface area (TPSA) is 27.7 Å². The fourth-order valence-electron chi connectivity index (χ4n) is 2.77. The number of hydrogen-bond donors (Lipinski definition) is 0. The molecule has 2 aromatic carbocycles. The summed E-state index contributed by atoms with van der Waals surface area (Å²) in [5.41, 5.74) is 5.89. The Morgan fingerprint density at radius 2 is 1.77 bits per heavy atom. The second-order valence-electron chi connectivity index (χ2n) is 5.44. The lowest BCUT2D eigenvalue weighted by Crippen LogP contribution is -2.10. The van der Waals surface area contributed by atoms with E-state index in [1.807, 2.05) is 12.1 Å². The summed E-state index contributed by atoms with van der Waals surface area (Å²) >= 11 is 0. The minimum absolute atomic E-state index is 0.598. The number of fused-ring (bicyclic) bond motifs is 1. The Hall–Kier alpha value is -2.26. The zero-order valence-corrected chi connectivity index (χ0v) is 13.2. The maximum absolute atomic E-state index is 5.72. The Kier molecular flexibility index (Phi) is 4.16. The molecule has 1 aliphatic heterocycles. The highest BCUT2D eigenvalue weighted by molar-refractivity contribution is 5.85. The van der Waals surface area contributed by atoms with Crippen molar-refractivity contribution in [2.45, 2.75) is 13.5 Å². The lowest BCUT2D eigenvalue weighted by atomic mass is 9.95. The molecule has 3 nitrogen and oxygen atoms in total. The van der Waals surface area contributed by atoms with E-state index in [4.69, 9.17) is 14.2 Å². The van der Waals surface area contributed by atoms with E-state index >= 15 is 0 Å². The third-order valence-electron chi connectivity index (χ3n) is 3.85. The molecule has 0 amide bonds. The number of methoxy groups -OCH3 is 2. The highest BCUT2D eigenvalue weighted by Gasteiger charge is 2.18. The third-order valence-corrected chi connectivity index (χ3v) is 3.85. The second kappa shape index (κ2) is 6.24. The fourth-order valence-corrected chi connectivity index (χ4v) is 2.77. The lowest BCUT2D eigenvalue weighted by molar-refractivity contribution is 0.146. The number of rotatable bonds is 3. The van der Waals surface area contributed by atoms with E-state index in [0.29, 0.717) is 13.2 Å². The van der Waals surface area contributed by atoms with Gasteiger partial charge in [0.15, 0.2) is 11.5 Å². The number of benzene rings is 2. The molecule has 0 unspecified atom stereocenters. The summed E-state index contributed by atoms with van der Waals surface area (Å²) in [5.74, 6) is 1.49. The van der Waals surface area contributed by atoms with Gasteiger partial charge >= 0.3 is 0 Å². The molecule has 1 aliphatic rings. The molecule has 2 aromatic rings. The van der Waals surface area contributed by atoms with Crippen LogP contribution in [0.2, 0.25) is 0 Å². The zero-order chi connectivity index (χ0) is 15.5. The van der Waals surface area contributed by atoms with Crippen LogP contribution < -0.4 is 9.47 Å². The predicted molar refractivity (Wildman–Crippen MR) is 88.3 cm³/mol. The van der Waals surface area contributed by atoms with Crippen molar-refractivity contribution in [2.24, 2.45) is 0 Å². The van der Waals surface area contributed by atoms with Crippen molar-refractivity contribution in [1.29, 1.82) is 0 Å². The van der Waals surface area contributed by atoms with Gasteiger partial charge in [0.1, 0.15) is 0 Å². The molecule has 0 radical (unpaired) electrons. The summed E-state index contributed by atoms with van der Waals surface area (Å²) in [6.07, 6.45) is 2.18. The van der Waals surface area contributed by atoms with Gasteiger partial charge in [0.25, 0.3) is 0 Å². The highest BCUT2D eigenvalue weighted by Crippen LogP contribution is 2.37. The second-order valence-corrected chi connectivity index (χ2v) is 5.44. The molecule has 0 spiro atoms. The van der Waals surface area contributed by atoms with Gasteiger partial charge in [-0.2, -0.15) is 0 Å². The first kappa shape index (κ1) is 14.7. The minimum atomic E-state index is 0.598. The van der Waals surface area contributed by atoms with Crippen molar-refractivity contribution in [3.63, 3.8) is 0 Å². The van der Waals surface area contributed by atoms with Gasteiger partial charge in [0, 0.05) is 0 Å². The zero-order valence-electron chi connectivity index (χ0n) is 13.2. The van der Waals surface area contributed by atoms with Crippen molar-refractivity contribution >= 4 is 11.6 Å². The highest BCUT2D eigenvalue weighted by atomic mass is 16.5. The lowest BCUT2D eigenvalue weighted by Gasteiger charge is -2.22. The Labute approximate surface area is 131 Å². The van der Waals surface area contributed by atoms with Gasteiger partial charge in [-0.1, -0.05) is 29.8 Å². The molecule has 0 aliphatic carbocycles. The Balaban J connectivity index is 2.07. The van der Waals surface area contributed by atoms with Crippen molar-refractivity contribution in [1.82, 2.24) is 0 Å². The standard InChI is InChI=1S/C19H20O3/c1-13-5-4-6-14(7-13)8-15-11-22-12-16-9-18(20-2)19(21-3)10-17(15)16/h4-10H,11-12H2,1-3H3/b15-8+. The first-order valence-corrected chi connectivity index (χ1v) is 7.31. The largest absolute Gasteiger partial charge is 0.493 e. The van der Waals surface area contributed by atoms with E-state index in [1.54, 1.807) is 14.2 Å². The van der Waals surface area contributed by atoms with Crippen molar-refractivity contribution in [3.05, 3.63) is 58.7 Å². The first-order chi connectivity index (χ1) is 10.7. The summed E-state index contributed by atoms with van der Waals surface area (Å²) in [6, 6.07) is 12.5. The Morgan fingerprint density at radius 1 is 1.00 bits per heavy atom. The van der Waals surface area contributed by atoms with Gasteiger partial charge < -0.3 is 14.2 Å². The van der Waals surface area contributed by atoms with Gasteiger partial charge in [0.2, 0.25) is 0 Å². The van der Waals surface area contributed by atoms with Crippen LogP contribution in [0.1, 0.15) is 22.3 Å². The summed E-state index contributed by atoms with van der Waals surface area (Å²) < 4.78 is 16.5. The molecule has 114 valence electrons. The summed E-state index contributed by atoms with van der Waals surface area (Å²) in [6.45, 7) is 3.30. The maximum atomic E-state index is 5.72. The van der Waals surface area contributed by atoms with Crippen LogP contribution in [0.3, 0.4) is 0 Å². The van der Waals surface area contributed by atoms with Crippen molar-refractivity contribution in [3.8, 4) is 11.5 Å². The summed E-state index contributed by atoms with van der Waals surface area (Å²) in [4.78, 5) is 0. The Bertz CT molecular complexity index is 717. The summed E-state index contributed by atoms with van der Waals surface area (Å²) in [5, 5.41) is 0. The molecule has 0 aromatic heterocycles. The fraction of sp³-hybridized carbons (Fsp3) is 0.263. The van der Waals surface area contributed by atoms with Crippen LogP contribution in [0.5, 0.6) is 11.5 Å². The number of aryl methyl sites for hydroxylation is 1. The van der Waals surface area contributed by atoms with Crippen LogP contribution in [0.4, 0.5) is 0 Å². The molecule has 22 heavy (non-hydrogen) atoms. The Morgan fingerprint density at radius 3 is 2.50 bits per heavy atom. The monoisotopic (exact) mass is 296 g/mol. The third kappa shape index (κ3) is 2.85. The average molecular weight is 296 g/mol. The molecular weight excluding hydrogens is 276 g/mol. The van der Waals surface area contributed by atoms with Crippen LogP contribution in [-0.2, 0) is 11.3 Å². The average Bonchev–Trinajstić information content (AvgIpc) is 2.54. The maximum Gasteiger partial charge on any atom is 0.161 e. The molecule has 0 bridgehead atoms. The molecule has 0 saturated carbocycles. The van der Waals surface area contributed by atoms with E-state index in [1.165, 1.54) is 16.7 Å². The number of hydrogen-bond acceptors (Lipinski definition) is 3. The molecule has 1 heterocycles. The van der Waals surface area contributed by atoms with E-state index in [2.05, 4.69) is 37.3 Å². The van der Waals surface area contributed by atoms with Gasteiger partial charge in [-0.05, 0) is 47.4 Å². The SMILES string of the molecule is COc1cc2c(cc1OC)/C(=C/c1cccc(C)c1)COC2. The van der Waals surface area contributed by atoms with Crippen LogP contribution in [0.25, 0.3) is 11.6 Å². The van der Waals surface area contributed by atoms with Gasteiger partial charge in [0.05, 0.1) is 27.4 Å². The van der Waals surface area contributed by atoms with E-state index in [0.717, 1.165) is 22.6 Å². The molecule has 0 saturated heterocycles. The first-order valence-electron chi connectivity index (χ1n) is 7.31. The van der Waals surface area contributed by atoms with E-state index < -0.39 is 0 Å². The molecule has 3 rings (SSSR count). The van der Waals surface area contributed by atoms with E-state index in [-0.39, 0.29) is 0 Å². The molecule has 0 N–H and O–H groups in total. The van der Waals surface area contributed by atoms with Crippen LogP contribution in [0.15, 0.2) is 36.4 Å².